The third-order valence-corrected chi connectivity index (χ3v) is 6.26. The van der Waals surface area contributed by atoms with Crippen LogP contribution in [0.1, 0.15) is 62.5 Å². The zero-order chi connectivity index (χ0) is 26.2. The number of ether oxygens (including phenoxy) is 2. The first-order valence-corrected chi connectivity index (χ1v) is 12.8. The molecule has 2 aromatic carbocycles. The molecule has 37 heavy (non-hydrogen) atoms. The Morgan fingerprint density at radius 1 is 0.892 bits per heavy atom. The van der Waals surface area contributed by atoms with Crippen molar-refractivity contribution in [3.63, 3.8) is 0 Å². The third-order valence-electron chi connectivity index (χ3n) is 6.26. The maximum Gasteiger partial charge on any atom is 0.296 e. The number of furan rings is 1. The van der Waals surface area contributed by atoms with Crippen LogP contribution >= 0.6 is 0 Å². The molecule has 1 saturated heterocycles. The molecule has 194 valence electrons. The number of nitrogens with zero attached hydrogens (tertiary/aromatic N) is 1. The lowest BCUT2D eigenvalue weighted by Gasteiger charge is -2.24. The highest BCUT2D eigenvalue weighted by atomic mass is 16.5. The van der Waals surface area contributed by atoms with E-state index in [1.165, 1.54) is 11.2 Å². The summed E-state index contributed by atoms with van der Waals surface area (Å²) in [6, 6.07) is 16.9. The van der Waals surface area contributed by atoms with Crippen LogP contribution < -0.4 is 9.47 Å². The molecule has 1 aliphatic heterocycles. The molecule has 1 N–H and O–H groups in total. The summed E-state index contributed by atoms with van der Waals surface area (Å²) in [5.41, 5.74) is 1.16. The summed E-state index contributed by atoms with van der Waals surface area (Å²) in [6.45, 7) is 5.47. The monoisotopic (exact) mass is 503 g/mol. The molecule has 7 nitrogen and oxygen atoms in total. The lowest BCUT2D eigenvalue weighted by Crippen LogP contribution is -2.29. The van der Waals surface area contributed by atoms with E-state index < -0.39 is 17.7 Å². The van der Waals surface area contributed by atoms with Crippen molar-refractivity contribution in [2.75, 3.05) is 13.2 Å². The molecule has 0 saturated carbocycles. The highest BCUT2D eigenvalue weighted by molar-refractivity contribution is 6.46. The second-order valence-corrected chi connectivity index (χ2v) is 9.00. The average Bonchev–Trinajstić information content (AvgIpc) is 3.53. The van der Waals surface area contributed by atoms with E-state index in [0.29, 0.717) is 41.6 Å². The molecule has 0 bridgehead atoms. The van der Waals surface area contributed by atoms with E-state index in [4.69, 9.17) is 13.9 Å². The molecule has 0 spiro atoms. The fourth-order valence-corrected chi connectivity index (χ4v) is 4.33. The summed E-state index contributed by atoms with van der Waals surface area (Å²) in [6.07, 6.45) is 5.59. The van der Waals surface area contributed by atoms with Crippen molar-refractivity contribution in [1.82, 2.24) is 4.90 Å². The molecule has 3 aromatic rings. The SMILES string of the molecule is CCCCCOc1ccc([C@H]2C(=C(O)c3ccc(OCCC)cc3)C(=O)C(=O)N2Cc2ccco2)cc1. The van der Waals surface area contributed by atoms with Gasteiger partial charge in [-0.3, -0.25) is 9.59 Å². The number of Topliss-reactive ketones (excluding diaryl/α,β-unsaturated/α-hetero) is 1. The van der Waals surface area contributed by atoms with Gasteiger partial charge in [0.05, 0.1) is 37.6 Å². The first kappa shape index (κ1) is 26.1. The summed E-state index contributed by atoms with van der Waals surface area (Å²) in [4.78, 5) is 27.8. The van der Waals surface area contributed by atoms with Gasteiger partial charge in [0, 0.05) is 5.56 Å². The summed E-state index contributed by atoms with van der Waals surface area (Å²) in [5.74, 6) is 0.270. The number of aliphatic hydroxyl groups is 1. The van der Waals surface area contributed by atoms with Crippen LogP contribution in [0.4, 0.5) is 0 Å². The van der Waals surface area contributed by atoms with Gasteiger partial charge in [-0.15, -0.1) is 0 Å². The Labute approximate surface area is 217 Å². The number of unbranched alkanes of at least 4 members (excludes halogenated alkanes) is 2. The van der Waals surface area contributed by atoms with Gasteiger partial charge in [0.1, 0.15) is 23.0 Å². The van der Waals surface area contributed by atoms with Gasteiger partial charge in [0.25, 0.3) is 11.7 Å². The fraction of sp³-hybridized carbons (Fsp3) is 0.333. The van der Waals surface area contributed by atoms with E-state index >= 15 is 0 Å². The lowest BCUT2D eigenvalue weighted by molar-refractivity contribution is -0.140. The van der Waals surface area contributed by atoms with E-state index in [2.05, 4.69) is 6.92 Å². The lowest BCUT2D eigenvalue weighted by atomic mass is 9.95. The third kappa shape index (κ3) is 6.05. The van der Waals surface area contributed by atoms with Gasteiger partial charge in [0.2, 0.25) is 0 Å². The van der Waals surface area contributed by atoms with Gasteiger partial charge in [-0.2, -0.15) is 0 Å². The van der Waals surface area contributed by atoms with E-state index in [9.17, 15) is 14.7 Å². The fourth-order valence-electron chi connectivity index (χ4n) is 4.33. The Bertz CT molecular complexity index is 1210. The number of carbonyl (C=O) groups excluding carboxylic acids is 2. The molecule has 1 fully saturated rings. The molecular formula is C30H33NO6. The van der Waals surface area contributed by atoms with E-state index in [-0.39, 0.29) is 17.9 Å². The largest absolute Gasteiger partial charge is 0.507 e. The number of ketones is 1. The van der Waals surface area contributed by atoms with Crippen LogP contribution in [0.15, 0.2) is 76.9 Å². The number of likely N-dealkylation sites (tertiary alicyclic amines) is 1. The molecule has 0 unspecified atom stereocenters. The minimum Gasteiger partial charge on any atom is -0.507 e. The molecule has 1 aliphatic rings. The van der Waals surface area contributed by atoms with Crippen LogP contribution in [0.2, 0.25) is 0 Å². The van der Waals surface area contributed by atoms with E-state index in [1.807, 2.05) is 31.2 Å². The second kappa shape index (κ2) is 12.3. The van der Waals surface area contributed by atoms with Crippen molar-refractivity contribution in [3.05, 3.63) is 89.4 Å². The van der Waals surface area contributed by atoms with Crippen LogP contribution in [0.3, 0.4) is 0 Å². The molecular weight excluding hydrogens is 470 g/mol. The average molecular weight is 504 g/mol. The highest BCUT2D eigenvalue weighted by Gasteiger charge is 2.46. The quantitative estimate of drug-likeness (QED) is 0.136. The zero-order valence-corrected chi connectivity index (χ0v) is 21.3. The maximum absolute atomic E-state index is 13.2. The van der Waals surface area contributed by atoms with Crippen LogP contribution in [0.5, 0.6) is 11.5 Å². The van der Waals surface area contributed by atoms with Gasteiger partial charge in [-0.25, -0.2) is 0 Å². The number of rotatable bonds is 12. The summed E-state index contributed by atoms with van der Waals surface area (Å²) in [5, 5.41) is 11.3. The molecule has 4 rings (SSSR count). The number of hydrogen-bond acceptors (Lipinski definition) is 6. The summed E-state index contributed by atoms with van der Waals surface area (Å²) in [7, 11) is 0. The number of aliphatic hydroxyl groups excluding tert-OH is 1. The van der Waals surface area contributed by atoms with Crippen LogP contribution in [0.25, 0.3) is 5.76 Å². The first-order valence-electron chi connectivity index (χ1n) is 12.8. The molecule has 1 atom stereocenters. The van der Waals surface area contributed by atoms with Crippen LogP contribution in [-0.2, 0) is 16.1 Å². The van der Waals surface area contributed by atoms with Crippen molar-refractivity contribution in [2.45, 2.75) is 52.1 Å². The Kier molecular flexibility index (Phi) is 8.67. The standard InChI is InChI=1S/C30H33NO6/c1-3-5-6-18-36-24-13-9-21(10-14-24)27-26(28(32)22-11-15-23(16-12-22)35-17-4-2)29(33)30(34)31(27)20-25-8-7-19-37-25/h7-16,19,27,32H,3-6,17-18,20H2,1-2H3/t27-/m0/s1. The molecule has 0 aliphatic carbocycles. The molecule has 7 heteroatoms. The van der Waals surface area contributed by atoms with Crippen molar-refractivity contribution < 1.29 is 28.6 Å². The number of carbonyl (C=O) groups is 2. The Morgan fingerprint density at radius 2 is 1.57 bits per heavy atom. The predicted octanol–water partition coefficient (Wildman–Crippen LogP) is 6.26. The number of hydrogen-bond donors (Lipinski definition) is 1. The predicted molar refractivity (Wildman–Crippen MR) is 140 cm³/mol. The highest BCUT2D eigenvalue weighted by Crippen LogP contribution is 2.41. The van der Waals surface area contributed by atoms with Crippen molar-refractivity contribution >= 4 is 17.4 Å². The zero-order valence-electron chi connectivity index (χ0n) is 21.3. The van der Waals surface area contributed by atoms with Gasteiger partial charge < -0.3 is 23.9 Å². The summed E-state index contributed by atoms with van der Waals surface area (Å²) < 4.78 is 16.9. The van der Waals surface area contributed by atoms with Gasteiger partial charge >= 0.3 is 0 Å². The normalized spacial score (nSPS) is 16.8. The second-order valence-electron chi connectivity index (χ2n) is 9.00. The molecule has 2 heterocycles. The Balaban J connectivity index is 1.68. The molecule has 1 amide bonds. The molecule has 1 aromatic heterocycles. The van der Waals surface area contributed by atoms with Gasteiger partial charge in [-0.1, -0.05) is 38.8 Å². The topological polar surface area (TPSA) is 89.2 Å². The summed E-state index contributed by atoms with van der Waals surface area (Å²) >= 11 is 0. The minimum atomic E-state index is -0.782. The Morgan fingerprint density at radius 3 is 2.19 bits per heavy atom. The van der Waals surface area contributed by atoms with Crippen LogP contribution in [-0.4, -0.2) is 34.9 Å². The Hall–Kier alpha value is -4.00. The van der Waals surface area contributed by atoms with Gasteiger partial charge in [0.15, 0.2) is 0 Å². The smallest absolute Gasteiger partial charge is 0.296 e. The molecule has 0 radical (unpaired) electrons. The van der Waals surface area contributed by atoms with Crippen molar-refractivity contribution in [1.29, 1.82) is 0 Å². The maximum atomic E-state index is 13.2. The first-order chi connectivity index (χ1) is 18.0. The van der Waals surface area contributed by atoms with Gasteiger partial charge in [-0.05, 0) is 66.9 Å². The van der Waals surface area contributed by atoms with E-state index in [1.54, 1.807) is 36.4 Å². The van der Waals surface area contributed by atoms with Crippen molar-refractivity contribution in [3.8, 4) is 11.5 Å². The van der Waals surface area contributed by atoms with Crippen molar-refractivity contribution in [2.24, 2.45) is 0 Å². The number of amides is 1. The minimum absolute atomic E-state index is 0.0374. The number of benzene rings is 2. The van der Waals surface area contributed by atoms with Crippen LogP contribution in [0, 0.1) is 0 Å². The van der Waals surface area contributed by atoms with E-state index in [0.717, 1.165) is 25.7 Å².